The van der Waals surface area contributed by atoms with E-state index >= 15 is 0 Å². The largest absolute Gasteiger partial charge is 0.444 e. The monoisotopic (exact) mass is 404 g/mol. The molecule has 0 spiro atoms. The summed E-state index contributed by atoms with van der Waals surface area (Å²) in [4.78, 5) is 43.7. The number of aromatic nitrogens is 3. The van der Waals surface area contributed by atoms with Crippen LogP contribution in [0.4, 0.5) is 4.79 Å². The number of hydrogen-bond donors (Lipinski definition) is 0. The summed E-state index contributed by atoms with van der Waals surface area (Å²) in [7, 11) is 3.16. The summed E-state index contributed by atoms with van der Waals surface area (Å²) in [5.74, 6) is 0. The van der Waals surface area contributed by atoms with Gasteiger partial charge in [-0.1, -0.05) is 0 Å². The number of nitrogens with zero attached hydrogens (tertiary/aromatic N) is 4. The molecule has 0 radical (unpaired) electrons. The van der Waals surface area contributed by atoms with E-state index in [1.165, 1.54) is 9.13 Å². The summed E-state index contributed by atoms with van der Waals surface area (Å²) < 4.78 is 13.4. The first-order chi connectivity index (χ1) is 13.6. The van der Waals surface area contributed by atoms with Gasteiger partial charge in [-0.2, -0.15) is 0 Å². The second-order valence-electron chi connectivity index (χ2n) is 8.36. The lowest BCUT2D eigenvalue weighted by Crippen LogP contribution is -2.46. The van der Waals surface area contributed by atoms with E-state index in [-0.39, 0.29) is 12.1 Å². The van der Waals surface area contributed by atoms with Crippen LogP contribution in [0.3, 0.4) is 0 Å². The third kappa shape index (κ3) is 4.34. The molecule has 1 amide bonds. The summed E-state index contributed by atoms with van der Waals surface area (Å²) in [6.45, 7) is 6.74. The van der Waals surface area contributed by atoms with E-state index in [0.29, 0.717) is 43.7 Å². The number of carbonyl (C=O) groups is 1. The molecule has 2 aromatic heterocycles. The summed E-state index contributed by atoms with van der Waals surface area (Å²) in [5, 5.41) is 0. The molecule has 0 unspecified atom stereocenters. The van der Waals surface area contributed by atoms with Crippen molar-refractivity contribution in [1.29, 1.82) is 0 Å². The highest BCUT2D eigenvalue weighted by Gasteiger charge is 2.29. The van der Waals surface area contributed by atoms with Gasteiger partial charge >= 0.3 is 17.2 Å². The van der Waals surface area contributed by atoms with E-state index in [4.69, 9.17) is 9.47 Å². The quantitative estimate of drug-likeness (QED) is 0.724. The minimum absolute atomic E-state index is 0.210. The zero-order chi connectivity index (χ0) is 21.3. The van der Waals surface area contributed by atoms with Gasteiger partial charge in [0.05, 0.1) is 12.1 Å². The van der Waals surface area contributed by atoms with Crippen LogP contribution in [-0.4, -0.2) is 50.9 Å². The van der Waals surface area contributed by atoms with E-state index in [0.717, 1.165) is 5.56 Å². The van der Waals surface area contributed by atoms with E-state index in [9.17, 15) is 14.4 Å². The number of piperidine rings is 1. The molecule has 3 heterocycles. The van der Waals surface area contributed by atoms with E-state index in [1.54, 1.807) is 25.3 Å². The Morgan fingerprint density at radius 3 is 2.45 bits per heavy atom. The molecule has 0 N–H and O–H groups in total. The Morgan fingerprint density at radius 1 is 1.21 bits per heavy atom. The number of aryl methyl sites for hydroxylation is 1. The van der Waals surface area contributed by atoms with Crippen LogP contribution in [0.1, 0.15) is 45.2 Å². The molecule has 1 saturated heterocycles. The third-order valence-corrected chi connectivity index (χ3v) is 4.99. The maximum Gasteiger partial charge on any atom is 0.410 e. The number of pyridine rings is 1. The number of ether oxygens (including phenoxy) is 2. The van der Waals surface area contributed by atoms with Crippen LogP contribution >= 0.6 is 0 Å². The van der Waals surface area contributed by atoms with Crippen LogP contribution in [0.5, 0.6) is 0 Å². The highest BCUT2D eigenvalue weighted by molar-refractivity contribution is 5.71. The van der Waals surface area contributed by atoms with Gasteiger partial charge in [0, 0.05) is 39.5 Å². The third-order valence-electron chi connectivity index (χ3n) is 4.99. The number of amides is 1. The molecule has 158 valence electrons. The molecule has 0 aromatic carbocycles. The van der Waals surface area contributed by atoms with Crippen molar-refractivity contribution >= 4 is 17.3 Å². The molecule has 1 aliphatic rings. The van der Waals surface area contributed by atoms with Crippen molar-refractivity contribution in [2.75, 3.05) is 20.2 Å². The molecule has 29 heavy (non-hydrogen) atoms. The predicted molar refractivity (Wildman–Crippen MR) is 108 cm³/mol. The van der Waals surface area contributed by atoms with Gasteiger partial charge < -0.3 is 18.9 Å². The highest BCUT2D eigenvalue weighted by atomic mass is 16.6. The summed E-state index contributed by atoms with van der Waals surface area (Å²) >= 11 is 0. The zero-order valence-corrected chi connectivity index (χ0v) is 17.6. The Bertz CT molecular complexity index is 1030. The molecule has 0 aliphatic carbocycles. The topological polar surface area (TPSA) is 95.7 Å². The molecular weight excluding hydrogens is 376 g/mol. The normalized spacial score (nSPS) is 15.7. The van der Waals surface area contributed by atoms with Gasteiger partial charge in [-0.15, -0.1) is 0 Å². The Hall–Kier alpha value is -2.68. The number of rotatable bonds is 3. The summed E-state index contributed by atoms with van der Waals surface area (Å²) in [6, 6.07) is 1.61. The number of hydrogen-bond acceptors (Lipinski definition) is 6. The van der Waals surface area contributed by atoms with Crippen LogP contribution in [0.15, 0.2) is 21.9 Å². The molecule has 9 heteroatoms. The van der Waals surface area contributed by atoms with Crippen molar-refractivity contribution < 1.29 is 14.3 Å². The first-order valence-electron chi connectivity index (χ1n) is 9.69. The summed E-state index contributed by atoms with van der Waals surface area (Å²) in [5.41, 5.74) is 0.119. The van der Waals surface area contributed by atoms with Crippen molar-refractivity contribution in [3.05, 3.63) is 38.5 Å². The molecule has 1 fully saturated rings. The second-order valence-corrected chi connectivity index (χ2v) is 8.36. The Kier molecular flexibility index (Phi) is 5.79. The lowest BCUT2D eigenvalue weighted by Gasteiger charge is -2.34. The predicted octanol–water partition coefficient (Wildman–Crippen LogP) is 1.81. The highest BCUT2D eigenvalue weighted by Crippen LogP contribution is 2.25. The van der Waals surface area contributed by atoms with Crippen molar-refractivity contribution in [1.82, 2.24) is 19.0 Å². The smallest absolute Gasteiger partial charge is 0.410 e. The van der Waals surface area contributed by atoms with Crippen molar-refractivity contribution in [2.24, 2.45) is 7.05 Å². The fraction of sp³-hybridized carbons (Fsp3) is 0.600. The van der Waals surface area contributed by atoms with Gasteiger partial charge in [-0.25, -0.2) is 9.78 Å². The van der Waals surface area contributed by atoms with Gasteiger partial charge in [0.1, 0.15) is 5.60 Å². The number of likely N-dealkylation sites (tertiary alicyclic amines) is 1. The van der Waals surface area contributed by atoms with Gasteiger partial charge in [-0.05, 0) is 45.2 Å². The second kappa shape index (κ2) is 7.98. The molecule has 1 aliphatic heterocycles. The fourth-order valence-electron chi connectivity index (χ4n) is 3.59. The first-order valence-corrected chi connectivity index (χ1v) is 9.69. The van der Waals surface area contributed by atoms with Crippen LogP contribution in [0.2, 0.25) is 0 Å². The standard InChI is InChI=1S/C20H28N4O5/c1-20(2,3)29-19(27)23-8-6-14(7-9-23)24-16-15(22(4)17(25)18(24)26)10-13(11-21-16)12-28-5/h10-11,14H,6-9,12H2,1-5H3. The minimum atomic E-state index is -0.595. The van der Waals surface area contributed by atoms with E-state index < -0.39 is 16.7 Å². The maximum atomic E-state index is 12.8. The van der Waals surface area contributed by atoms with E-state index in [1.807, 2.05) is 26.8 Å². The van der Waals surface area contributed by atoms with E-state index in [2.05, 4.69) is 4.98 Å². The van der Waals surface area contributed by atoms with Crippen molar-refractivity contribution in [3.63, 3.8) is 0 Å². The van der Waals surface area contributed by atoms with Crippen molar-refractivity contribution in [3.8, 4) is 0 Å². The molecular formula is C20H28N4O5. The fourth-order valence-corrected chi connectivity index (χ4v) is 3.59. The molecule has 2 aromatic rings. The maximum absolute atomic E-state index is 12.8. The number of carbonyl (C=O) groups excluding carboxylic acids is 1. The first kappa shape index (κ1) is 21.0. The molecule has 0 bridgehead atoms. The SMILES string of the molecule is COCc1cnc2c(c1)n(C)c(=O)c(=O)n2C1CCN(C(=O)OC(C)(C)C)CC1. The average molecular weight is 404 g/mol. The van der Waals surface area contributed by atoms with Gasteiger partial charge in [0.2, 0.25) is 0 Å². The minimum Gasteiger partial charge on any atom is -0.444 e. The van der Waals surface area contributed by atoms with Gasteiger partial charge in [-0.3, -0.25) is 14.2 Å². The lowest BCUT2D eigenvalue weighted by atomic mass is 10.0. The van der Waals surface area contributed by atoms with Crippen molar-refractivity contribution in [2.45, 2.75) is 51.9 Å². The number of fused-ring (bicyclic) bond motifs is 1. The molecule has 3 rings (SSSR count). The average Bonchev–Trinajstić information content (AvgIpc) is 2.66. The lowest BCUT2D eigenvalue weighted by molar-refractivity contribution is 0.0188. The van der Waals surface area contributed by atoms with Gasteiger partial charge in [0.25, 0.3) is 0 Å². The Labute approximate surface area is 168 Å². The van der Waals surface area contributed by atoms with Crippen LogP contribution in [0, 0.1) is 0 Å². The van der Waals surface area contributed by atoms with Crippen LogP contribution < -0.4 is 11.1 Å². The Morgan fingerprint density at radius 2 is 1.86 bits per heavy atom. The molecule has 0 atom stereocenters. The van der Waals surface area contributed by atoms with Crippen LogP contribution in [0.25, 0.3) is 11.2 Å². The summed E-state index contributed by atoms with van der Waals surface area (Å²) in [6.07, 6.45) is 2.38. The van der Waals surface area contributed by atoms with Crippen LogP contribution in [-0.2, 0) is 23.1 Å². The molecule has 0 saturated carbocycles. The zero-order valence-electron chi connectivity index (χ0n) is 17.6. The van der Waals surface area contributed by atoms with Gasteiger partial charge in [0.15, 0.2) is 5.65 Å². The molecule has 9 nitrogen and oxygen atoms in total. The Balaban J connectivity index is 1.92. The number of methoxy groups -OCH3 is 1.